The van der Waals surface area contributed by atoms with Crippen LogP contribution >= 0.6 is 0 Å². The number of hydrogen-bond acceptors (Lipinski definition) is 3. The number of carbonyl (C=O) groups is 2. The molecule has 1 heterocycles. The van der Waals surface area contributed by atoms with Crippen molar-refractivity contribution in [3.05, 3.63) is 0 Å². The quantitative estimate of drug-likeness (QED) is 0.735. The molecule has 108 valence electrons. The van der Waals surface area contributed by atoms with Gasteiger partial charge in [0.1, 0.15) is 0 Å². The Morgan fingerprint density at radius 1 is 1.16 bits per heavy atom. The van der Waals surface area contributed by atoms with Crippen LogP contribution in [0, 0.1) is 11.8 Å². The van der Waals surface area contributed by atoms with Crippen molar-refractivity contribution in [3.8, 4) is 0 Å². The van der Waals surface area contributed by atoms with Crippen molar-refractivity contribution in [1.29, 1.82) is 0 Å². The number of carbonyl (C=O) groups excluding carboxylic acids is 2. The summed E-state index contributed by atoms with van der Waals surface area (Å²) >= 11 is 0. The minimum Gasteiger partial charge on any atom is -0.469 e. The molecule has 2 rings (SSSR count). The Morgan fingerprint density at radius 2 is 1.89 bits per heavy atom. The third-order valence-corrected chi connectivity index (χ3v) is 4.55. The normalized spacial score (nSPS) is 24.5. The molecule has 0 bridgehead atoms. The van der Waals surface area contributed by atoms with E-state index in [4.69, 9.17) is 4.74 Å². The molecule has 0 radical (unpaired) electrons. The van der Waals surface area contributed by atoms with Crippen LogP contribution in [0.1, 0.15) is 51.4 Å². The van der Waals surface area contributed by atoms with Gasteiger partial charge in [-0.15, -0.1) is 0 Å². The second-order valence-electron chi connectivity index (χ2n) is 5.89. The number of rotatable bonds is 4. The summed E-state index contributed by atoms with van der Waals surface area (Å²) in [6, 6.07) is 0. The number of methoxy groups -OCH3 is 1. The first kappa shape index (κ1) is 14.4. The van der Waals surface area contributed by atoms with E-state index in [2.05, 4.69) is 0 Å². The summed E-state index contributed by atoms with van der Waals surface area (Å²) in [6.45, 7) is 1.35. The highest BCUT2D eigenvalue weighted by atomic mass is 16.5. The number of piperidine rings is 1. The molecule has 2 fully saturated rings. The summed E-state index contributed by atoms with van der Waals surface area (Å²) in [7, 11) is 1.42. The molecule has 1 aliphatic carbocycles. The van der Waals surface area contributed by atoms with Crippen LogP contribution in [-0.2, 0) is 14.3 Å². The molecule has 1 aliphatic heterocycles. The third kappa shape index (κ3) is 3.95. The van der Waals surface area contributed by atoms with Gasteiger partial charge in [0.25, 0.3) is 0 Å². The van der Waals surface area contributed by atoms with Crippen molar-refractivity contribution in [2.45, 2.75) is 51.4 Å². The molecule has 1 unspecified atom stereocenters. The topological polar surface area (TPSA) is 46.6 Å². The zero-order valence-electron chi connectivity index (χ0n) is 11.9. The highest BCUT2D eigenvalue weighted by Crippen LogP contribution is 2.29. The molecule has 1 saturated heterocycles. The number of likely N-dealkylation sites (tertiary alicyclic amines) is 1. The van der Waals surface area contributed by atoms with Crippen LogP contribution in [0.25, 0.3) is 0 Å². The van der Waals surface area contributed by atoms with Crippen LogP contribution < -0.4 is 0 Å². The maximum Gasteiger partial charge on any atom is 0.310 e. The largest absolute Gasteiger partial charge is 0.469 e. The molecule has 4 nitrogen and oxygen atoms in total. The minimum absolute atomic E-state index is 0.116. The van der Waals surface area contributed by atoms with Crippen molar-refractivity contribution < 1.29 is 14.3 Å². The van der Waals surface area contributed by atoms with Gasteiger partial charge in [0.15, 0.2) is 0 Å². The predicted octanol–water partition coefficient (Wildman–Crippen LogP) is 2.37. The summed E-state index contributed by atoms with van der Waals surface area (Å²) in [5.74, 6) is 0.688. The minimum atomic E-state index is -0.173. The second-order valence-corrected chi connectivity index (χ2v) is 5.89. The molecular weight excluding hydrogens is 242 g/mol. The summed E-state index contributed by atoms with van der Waals surface area (Å²) in [5.41, 5.74) is 0. The SMILES string of the molecule is COC(=O)C1CCCN(C(=O)CCC2CCCC2)C1. The molecule has 1 saturated carbocycles. The smallest absolute Gasteiger partial charge is 0.310 e. The average Bonchev–Trinajstić information content (AvgIpc) is 2.97. The van der Waals surface area contributed by atoms with E-state index in [1.807, 2.05) is 4.90 Å². The maximum atomic E-state index is 12.2. The van der Waals surface area contributed by atoms with Gasteiger partial charge in [0.05, 0.1) is 13.0 Å². The van der Waals surface area contributed by atoms with Crippen molar-refractivity contribution in [2.24, 2.45) is 11.8 Å². The molecule has 2 aliphatic rings. The first-order valence-corrected chi connectivity index (χ1v) is 7.56. The summed E-state index contributed by atoms with van der Waals surface area (Å²) in [4.78, 5) is 25.6. The van der Waals surface area contributed by atoms with E-state index in [-0.39, 0.29) is 17.8 Å². The van der Waals surface area contributed by atoms with Gasteiger partial charge in [0.2, 0.25) is 5.91 Å². The van der Waals surface area contributed by atoms with Crippen LogP contribution in [0.4, 0.5) is 0 Å². The molecule has 19 heavy (non-hydrogen) atoms. The van der Waals surface area contributed by atoms with Crippen molar-refractivity contribution in [3.63, 3.8) is 0 Å². The van der Waals surface area contributed by atoms with Gasteiger partial charge >= 0.3 is 5.97 Å². The highest BCUT2D eigenvalue weighted by Gasteiger charge is 2.29. The standard InChI is InChI=1S/C15H25NO3/c1-19-15(18)13-7-4-10-16(11-13)14(17)9-8-12-5-2-3-6-12/h12-13H,2-11H2,1H3. The van der Waals surface area contributed by atoms with Gasteiger partial charge in [-0.3, -0.25) is 9.59 Å². The number of amides is 1. The Hall–Kier alpha value is -1.06. The molecule has 0 N–H and O–H groups in total. The number of esters is 1. The Morgan fingerprint density at radius 3 is 2.58 bits per heavy atom. The van der Waals surface area contributed by atoms with Crippen LogP contribution in [0.15, 0.2) is 0 Å². The van der Waals surface area contributed by atoms with E-state index in [1.165, 1.54) is 32.8 Å². The van der Waals surface area contributed by atoms with Crippen LogP contribution in [0.2, 0.25) is 0 Å². The number of hydrogen-bond donors (Lipinski definition) is 0. The van der Waals surface area contributed by atoms with Crippen LogP contribution in [-0.4, -0.2) is 37.0 Å². The van der Waals surface area contributed by atoms with E-state index in [0.717, 1.165) is 31.7 Å². The molecule has 0 aromatic carbocycles. The fourth-order valence-corrected chi connectivity index (χ4v) is 3.35. The molecule has 0 aromatic heterocycles. The summed E-state index contributed by atoms with van der Waals surface area (Å²) < 4.78 is 4.78. The van der Waals surface area contributed by atoms with E-state index in [0.29, 0.717) is 13.0 Å². The summed E-state index contributed by atoms with van der Waals surface area (Å²) in [6.07, 6.45) is 8.67. The van der Waals surface area contributed by atoms with Crippen LogP contribution in [0.3, 0.4) is 0 Å². The van der Waals surface area contributed by atoms with Crippen molar-refractivity contribution in [2.75, 3.05) is 20.2 Å². The number of ether oxygens (including phenoxy) is 1. The van der Waals surface area contributed by atoms with Crippen molar-refractivity contribution in [1.82, 2.24) is 4.90 Å². The molecule has 0 spiro atoms. The fourth-order valence-electron chi connectivity index (χ4n) is 3.35. The zero-order chi connectivity index (χ0) is 13.7. The lowest BCUT2D eigenvalue weighted by molar-refractivity contribution is -0.149. The van der Waals surface area contributed by atoms with E-state index in [1.54, 1.807) is 0 Å². The highest BCUT2D eigenvalue weighted by molar-refractivity contribution is 5.78. The van der Waals surface area contributed by atoms with E-state index < -0.39 is 0 Å². The Labute approximate surface area is 115 Å². The first-order valence-electron chi connectivity index (χ1n) is 7.56. The fraction of sp³-hybridized carbons (Fsp3) is 0.867. The average molecular weight is 267 g/mol. The van der Waals surface area contributed by atoms with Gasteiger partial charge in [-0.1, -0.05) is 25.7 Å². The Kier molecular flexibility index (Phi) is 5.23. The van der Waals surface area contributed by atoms with Crippen LogP contribution in [0.5, 0.6) is 0 Å². The Balaban J connectivity index is 1.76. The molecule has 4 heteroatoms. The van der Waals surface area contributed by atoms with E-state index >= 15 is 0 Å². The third-order valence-electron chi connectivity index (χ3n) is 4.55. The van der Waals surface area contributed by atoms with Gasteiger partial charge < -0.3 is 9.64 Å². The molecular formula is C15H25NO3. The second kappa shape index (κ2) is 6.92. The van der Waals surface area contributed by atoms with Crippen molar-refractivity contribution >= 4 is 11.9 Å². The molecule has 1 amide bonds. The molecule has 0 aromatic rings. The first-order chi connectivity index (χ1) is 9.20. The van der Waals surface area contributed by atoms with Gasteiger partial charge in [0, 0.05) is 19.5 Å². The Bertz CT molecular complexity index is 323. The predicted molar refractivity (Wildman–Crippen MR) is 72.5 cm³/mol. The van der Waals surface area contributed by atoms with Gasteiger partial charge in [-0.2, -0.15) is 0 Å². The zero-order valence-corrected chi connectivity index (χ0v) is 11.9. The molecule has 1 atom stereocenters. The number of nitrogens with zero attached hydrogens (tertiary/aromatic N) is 1. The lowest BCUT2D eigenvalue weighted by atomic mass is 9.96. The van der Waals surface area contributed by atoms with Gasteiger partial charge in [-0.25, -0.2) is 0 Å². The lowest BCUT2D eigenvalue weighted by Crippen LogP contribution is -2.42. The maximum absolute atomic E-state index is 12.2. The monoisotopic (exact) mass is 267 g/mol. The van der Waals surface area contributed by atoms with E-state index in [9.17, 15) is 9.59 Å². The summed E-state index contributed by atoms with van der Waals surface area (Å²) in [5, 5.41) is 0. The van der Waals surface area contributed by atoms with Gasteiger partial charge in [-0.05, 0) is 25.2 Å². The lowest BCUT2D eigenvalue weighted by Gasteiger charge is -2.31.